The zero-order valence-corrected chi connectivity index (χ0v) is 14.7. The van der Waals surface area contributed by atoms with Gasteiger partial charge in [-0.25, -0.2) is 0 Å². The van der Waals surface area contributed by atoms with E-state index in [-0.39, 0.29) is 30.3 Å². The summed E-state index contributed by atoms with van der Waals surface area (Å²) in [6.45, 7) is -1.11. The Morgan fingerprint density at radius 3 is 2.17 bits per heavy atom. The van der Waals surface area contributed by atoms with E-state index in [0.29, 0.717) is 0 Å². The Bertz CT molecular complexity index is 835. The van der Waals surface area contributed by atoms with Crippen LogP contribution >= 0.6 is 0 Å². The molecule has 0 saturated carbocycles. The fourth-order valence-corrected chi connectivity index (χ4v) is 2.29. The number of aliphatic hydroxyl groups is 1. The molecule has 0 spiro atoms. The number of carbonyl (C=O) groups excluding carboxylic acids is 1. The molecule has 2 rings (SSSR count). The van der Waals surface area contributed by atoms with Crippen LogP contribution in [0.1, 0.15) is 11.1 Å². The lowest BCUT2D eigenvalue weighted by Crippen LogP contribution is -2.23. The van der Waals surface area contributed by atoms with Crippen LogP contribution in [0.4, 0.5) is 37.7 Å². The van der Waals surface area contributed by atoms with Gasteiger partial charge in [-0.15, -0.1) is 0 Å². The highest BCUT2D eigenvalue weighted by atomic mass is 19.4. The van der Waals surface area contributed by atoms with Gasteiger partial charge in [0.1, 0.15) is 12.4 Å². The molecule has 3 N–H and O–H groups in total. The smallest absolute Gasteiger partial charge is 0.418 e. The van der Waals surface area contributed by atoms with E-state index in [9.17, 15) is 31.1 Å². The molecule has 2 aromatic rings. The Morgan fingerprint density at radius 2 is 1.62 bits per heavy atom. The molecule has 1 amide bonds. The molecule has 0 aliphatic heterocycles. The molecule has 0 fully saturated rings. The maximum atomic E-state index is 13.2. The summed E-state index contributed by atoms with van der Waals surface area (Å²) >= 11 is 0. The number of amides is 1. The molecule has 29 heavy (non-hydrogen) atoms. The Hall–Kier alpha value is -2.95. The van der Waals surface area contributed by atoms with Gasteiger partial charge >= 0.3 is 12.4 Å². The molecule has 0 aliphatic carbocycles. The zero-order chi connectivity index (χ0) is 21.7. The number of hydrogen-bond acceptors (Lipinski definition) is 4. The van der Waals surface area contributed by atoms with Crippen molar-refractivity contribution in [3.63, 3.8) is 0 Å². The minimum Gasteiger partial charge on any atom is -0.491 e. The van der Waals surface area contributed by atoms with Crippen molar-refractivity contribution >= 4 is 17.3 Å². The van der Waals surface area contributed by atoms with Crippen molar-refractivity contribution in [1.82, 2.24) is 0 Å². The van der Waals surface area contributed by atoms with Crippen LogP contribution in [0.3, 0.4) is 0 Å². The summed E-state index contributed by atoms with van der Waals surface area (Å²) < 4.78 is 82.1. The predicted octanol–water partition coefficient (Wildman–Crippen LogP) is 4.15. The number of halogens is 6. The number of nitrogens with one attached hydrogen (secondary N) is 2. The lowest BCUT2D eigenvalue weighted by Gasteiger charge is -2.16. The quantitative estimate of drug-likeness (QED) is 0.587. The molecule has 0 radical (unpaired) electrons. The summed E-state index contributed by atoms with van der Waals surface area (Å²) in [5.41, 5.74) is -2.28. The third-order valence-corrected chi connectivity index (χ3v) is 3.59. The molecule has 0 saturated heterocycles. The van der Waals surface area contributed by atoms with Crippen molar-refractivity contribution in [3.8, 4) is 5.75 Å². The van der Waals surface area contributed by atoms with Gasteiger partial charge in [0.2, 0.25) is 5.91 Å². The highest BCUT2D eigenvalue weighted by Gasteiger charge is 2.34. The second-order valence-electron chi connectivity index (χ2n) is 5.75. The van der Waals surface area contributed by atoms with Crippen molar-refractivity contribution in [3.05, 3.63) is 53.6 Å². The molecular formula is C18H16F6N2O3. The van der Waals surface area contributed by atoms with E-state index in [1.807, 2.05) is 0 Å². The summed E-state index contributed by atoms with van der Waals surface area (Å²) in [6.07, 6.45) is -9.25. The van der Waals surface area contributed by atoms with Gasteiger partial charge in [0, 0.05) is 11.4 Å². The fourth-order valence-electron chi connectivity index (χ4n) is 2.29. The SMILES string of the molecule is O=C(CNc1ccc(OCCO)cc1C(F)(F)F)Nc1ccc(C(F)(F)F)cc1. The van der Waals surface area contributed by atoms with E-state index in [1.54, 1.807) is 0 Å². The molecule has 5 nitrogen and oxygen atoms in total. The summed E-state index contributed by atoms with van der Waals surface area (Å²) in [7, 11) is 0. The fraction of sp³-hybridized carbons (Fsp3) is 0.278. The van der Waals surface area contributed by atoms with Crippen molar-refractivity contribution in [1.29, 1.82) is 0 Å². The number of benzene rings is 2. The summed E-state index contributed by atoms with van der Waals surface area (Å²) in [5.74, 6) is -0.857. The minimum atomic E-state index is -4.73. The summed E-state index contributed by atoms with van der Waals surface area (Å²) in [4.78, 5) is 11.9. The third-order valence-electron chi connectivity index (χ3n) is 3.59. The Morgan fingerprint density at radius 1 is 0.966 bits per heavy atom. The van der Waals surface area contributed by atoms with E-state index in [0.717, 1.165) is 36.4 Å². The highest BCUT2D eigenvalue weighted by molar-refractivity contribution is 5.93. The number of aliphatic hydroxyl groups excluding tert-OH is 1. The molecule has 0 bridgehead atoms. The second kappa shape index (κ2) is 9.03. The van der Waals surface area contributed by atoms with Crippen LogP contribution in [-0.2, 0) is 17.1 Å². The largest absolute Gasteiger partial charge is 0.491 e. The Balaban J connectivity index is 2.03. The van der Waals surface area contributed by atoms with Gasteiger partial charge < -0.3 is 20.5 Å². The van der Waals surface area contributed by atoms with Crippen molar-refractivity contribution in [2.75, 3.05) is 30.4 Å². The van der Waals surface area contributed by atoms with Gasteiger partial charge in [-0.2, -0.15) is 26.3 Å². The molecule has 0 aromatic heterocycles. The second-order valence-corrected chi connectivity index (χ2v) is 5.75. The van der Waals surface area contributed by atoms with Crippen molar-refractivity contribution in [2.45, 2.75) is 12.4 Å². The maximum absolute atomic E-state index is 13.2. The highest BCUT2D eigenvalue weighted by Crippen LogP contribution is 2.37. The molecule has 11 heteroatoms. The number of hydrogen-bond donors (Lipinski definition) is 3. The van der Waals surface area contributed by atoms with Gasteiger partial charge in [-0.05, 0) is 42.5 Å². The predicted molar refractivity (Wildman–Crippen MR) is 92.6 cm³/mol. The summed E-state index contributed by atoms with van der Waals surface area (Å²) in [5, 5.41) is 13.3. The molecule has 0 heterocycles. The standard InChI is InChI=1S/C18H16F6N2O3/c19-17(20,21)11-1-3-12(4-2-11)26-16(28)10-25-15-6-5-13(29-8-7-27)9-14(15)18(22,23)24/h1-6,9,25,27H,7-8,10H2,(H,26,28). The van der Waals surface area contributed by atoms with Crippen LogP contribution in [-0.4, -0.2) is 30.8 Å². The van der Waals surface area contributed by atoms with Crippen LogP contribution in [0.2, 0.25) is 0 Å². The molecule has 158 valence electrons. The van der Waals surface area contributed by atoms with Gasteiger partial charge in [0.05, 0.1) is 24.3 Å². The minimum absolute atomic E-state index is 0.0635. The first-order valence-electron chi connectivity index (χ1n) is 8.16. The van der Waals surface area contributed by atoms with Gasteiger partial charge in [0.15, 0.2) is 0 Å². The van der Waals surface area contributed by atoms with Gasteiger partial charge in [-0.3, -0.25) is 4.79 Å². The lowest BCUT2D eigenvalue weighted by atomic mass is 10.1. The average molecular weight is 422 g/mol. The number of rotatable bonds is 7. The number of ether oxygens (including phenoxy) is 1. The van der Waals surface area contributed by atoms with E-state index >= 15 is 0 Å². The van der Waals surface area contributed by atoms with E-state index in [4.69, 9.17) is 9.84 Å². The topological polar surface area (TPSA) is 70.6 Å². The number of alkyl halides is 6. The first kappa shape index (κ1) is 22.3. The molecular weight excluding hydrogens is 406 g/mol. The normalized spacial score (nSPS) is 11.8. The zero-order valence-electron chi connectivity index (χ0n) is 14.7. The first-order chi connectivity index (χ1) is 13.5. The van der Waals surface area contributed by atoms with Crippen LogP contribution in [0.5, 0.6) is 5.75 Å². The molecule has 0 aliphatic rings. The average Bonchev–Trinajstić information content (AvgIpc) is 2.64. The van der Waals surface area contributed by atoms with Crippen molar-refractivity contribution < 1.29 is 41.0 Å². The van der Waals surface area contributed by atoms with Crippen LogP contribution in [0.25, 0.3) is 0 Å². The lowest BCUT2D eigenvalue weighted by molar-refractivity contribution is -0.138. The maximum Gasteiger partial charge on any atom is 0.418 e. The number of carbonyl (C=O) groups is 1. The van der Waals surface area contributed by atoms with Crippen LogP contribution in [0.15, 0.2) is 42.5 Å². The van der Waals surface area contributed by atoms with Gasteiger partial charge in [-0.1, -0.05) is 0 Å². The van der Waals surface area contributed by atoms with E-state index in [1.165, 1.54) is 6.07 Å². The van der Waals surface area contributed by atoms with Crippen molar-refractivity contribution in [2.24, 2.45) is 0 Å². The molecule has 0 atom stereocenters. The monoisotopic (exact) mass is 422 g/mol. The van der Waals surface area contributed by atoms with Crippen LogP contribution < -0.4 is 15.4 Å². The number of anilines is 2. The van der Waals surface area contributed by atoms with E-state index in [2.05, 4.69) is 10.6 Å². The molecule has 2 aromatic carbocycles. The first-order valence-corrected chi connectivity index (χ1v) is 8.16. The Labute approximate surface area is 161 Å². The van der Waals surface area contributed by atoms with E-state index < -0.39 is 35.9 Å². The third kappa shape index (κ3) is 6.56. The molecule has 0 unspecified atom stereocenters. The Kier molecular flexibility index (Phi) is 6.96. The summed E-state index contributed by atoms with van der Waals surface area (Å²) in [6, 6.07) is 6.66. The van der Waals surface area contributed by atoms with Crippen LogP contribution in [0, 0.1) is 0 Å². The van der Waals surface area contributed by atoms with Gasteiger partial charge in [0.25, 0.3) is 0 Å².